The summed E-state index contributed by atoms with van der Waals surface area (Å²) in [5, 5.41) is 9.46. The van der Waals surface area contributed by atoms with E-state index in [4.69, 9.17) is 22.7 Å². The van der Waals surface area contributed by atoms with Crippen molar-refractivity contribution in [3.05, 3.63) is 41.2 Å². The normalized spacial score (nSPS) is 10.4. The molecule has 4 heteroatoms. The van der Waals surface area contributed by atoms with Gasteiger partial charge in [0, 0.05) is 5.39 Å². The van der Waals surface area contributed by atoms with Crippen molar-refractivity contribution in [2.24, 2.45) is 5.73 Å². The van der Waals surface area contributed by atoms with Gasteiger partial charge in [0.05, 0.1) is 0 Å². The molecule has 0 atom stereocenters. The van der Waals surface area contributed by atoms with E-state index in [-0.39, 0.29) is 5.84 Å². The highest BCUT2D eigenvalue weighted by atomic mass is 35.5. The van der Waals surface area contributed by atoms with Crippen LogP contribution in [-0.4, -0.2) is 10.8 Å². The number of amidine groups is 1. The van der Waals surface area contributed by atoms with Crippen molar-refractivity contribution < 1.29 is 0 Å². The molecule has 2 rings (SSSR count). The summed E-state index contributed by atoms with van der Waals surface area (Å²) >= 11 is 5.94. The third kappa shape index (κ3) is 1.42. The van der Waals surface area contributed by atoms with Crippen LogP contribution in [0.5, 0.6) is 0 Å². The smallest absolute Gasteiger partial charge is 0.141 e. The SMILES string of the molecule is N=C(N)c1cc2ccccc2c(Cl)n1. The highest BCUT2D eigenvalue weighted by Crippen LogP contribution is 2.21. The molecular weight excluding hydrogens is 198 g/mol. The van der Waals surface area contributed by atoms with Crippen LogP contribution in [0.4, 0.5) is 0 Å². The number of hydrogen-bond donors (Lipinski definition) is 2. The van der Waals surface area contributed by atoms with E-state index in [0.29, 0.717) is 10.8 Å². The van der Waals surface area contributed by atoms with Crippen molar-refractivity contribution in [1.82, 2.24) is 4.98 Å². The second-order valence-electron chi connectivity index (χ2n) is 2.93. The molecule has 0 fully saturated rings. The van der Waals surface area contributed by atoms with Crippen molar-refractivity contribution >= 4 is 28.2 Å². The Morgan fingerprint density at radius 1 is 1.36 bits per heavy atom. The maximum absolute atomic E-state index is 7.26. The number of aromatic nitrogens is 1. The molecule has 0 aliphatic carbocycles. The van der Waals surface area contributed by atoms with Gasteiger partial charge in [-0.05, 0) is 11.5 Å². The summed E-state index contributed by atoms with van der Waals surface area (Å²) in [6.07, 6.45) is 0. The molecule has 0 radical (unpaired) electrons. The maximum atomic E-state index is 7.26. The van der Waals surface area contributed by atoms with Crippen LogP contribution in [0, 0.1) is 5.41 Å². The molecule has 0 saturated heterocycles. The summed E-state index contributed by atoms with van der Waals surface area (Å²) in [4.78, 5) is 4.02. The van der Waals surface area contributed by atoms with Crippen LogP contribution in [0.2, 0.25) is 5.15 Å². The summed E-state index contributed by atoms with van der Waals surface area (Å²) in [5.74, 6) is -0.0716. The fraction of sp³-hybridized carbons (Fsp3) is 0. The largest absolute Gasteiger partial charge is 0.382 e. The van der Waals surface area contributed by atoms with Gasteiger partial charge in [-0.1, -0.05) is 35.9 Å². The van der Waals surface area contributed by atoms with Gasteiger partial charge in [-0.2, -0.15) is 0 Å². The number of halogens is 1. The molecule has 2 aromatic rings. The number of nitrogens with zero attached hydrogens (tertiary/aromatic N) is 1. The Hall–Kier alpha value is -1.61. The minimum atomic E-state index is -0.0716. The summed E-state index contributed by atoms with van der Waals surface area (Å²) < 4.78 is 0. The van der Waals surface area contributed by atoms with Crippen molar-refractivity contribution in [3.63, 3.8) is 0 Å². The average Bonchev–Trinajstić information content (AvgIpc) is 2.17. The number of benzene rings is 1. The number of rotatable bonds is 1. The first-order valence-corrected chi connectivity index (χ1v) is 4.46. The quantitative estimate of drug-likeness (QED) is 0.426. The molecule has 70 valence electrons. The second kappa shape index (κ2) is 3.27. The maximum Gasteiger partial charge on any atom is 0.141 e. The highest BCUT2D eigenvalue weighted by Gasteiger charge is 2.04. The van der Waals surface area contributed by atoms with Crippen LogP contribution in [0.3, 0.4) is 0 Å². The zero-order valence-corrected chi connectivity index (χ0v) is 8.05. The van der Waals surface area contributed by atoms with Gasteiger partial charge in [0.2, 0.25) is 0 Å². The minimum Gasteiger partial charge on any atom is -0.382 e. The Kier molecular flexibility index (Phi) is 2.09. The molecule has 3 N–H and O–H groups in total. The van der Waals surface area contributed by atoms with E-state index in [9.17, 15) is 0 Å². The van der Waals surface area contributed by atoms with E-state index < -0.39 is 0 Å². The predicted octanol–water partition coefficient (Wildman–Crippen LogP) is 2.17. The molecule has 1 heterocycles. The van der Waals surface area contributed by atoms with Crippen molar-refractivity contribution in [2.45, 2.75) is 0 Å². The molecule has 0 saturated carbocycles. The molecule has 0 unspecified atom stereocenters. The lowest BCUT2D eigenvalue weighted by molar-refractivity contribution is 1.28. The molecule has 0 aliphatic heterocycles. The number of hydrogen-bond acceptors (Lipinski definition) is 2. The number of nitrogens with one attached hydrogen (secondary N) is 1. The lowest BCUT2D eigenvalue weighted by atomic mass is 10.1. The van der Waals surface area contributed by atoms with Gasteiger partial charge in [-0.25, -0.2) is 4.98 Å². The monoisotopic (exact) mass is 205 g/mol. The Bertz CT molecular complexity index is 508. The molecular formula is C10H8ClN3. The molecule has 0 bridgehead atoms. The molecule has 0 amide bonds. The van der Waals surface area contributed by atoms with Crippen LogP contribution in [0.25, 0.3) is 10.8 Å². The first kappa shape index (κ1) is 8.97. The number of pyridine rings is 1. The Balaban J connectivity index is 2.78. The summed E-state index contributed by atoms with van der Waals surface area (Å²) in [6, 6.07) is 9.35. The van der Waals surface area contributed by atoms with Crippen molar-refractivity contribution in [2.75, 3.05) is 0 Å². The Labute approximate surface area is 86.0 Å². The third-order valence-corrected chi connectivity index (χ3v) is 2.26. The summed E-state index contributed by atoms with van der Waals surface area (Å²) in [5.41, 5.74) is 5.75. The van der Waals surface area contributed by atoms with E-state index in [0.717, 1.165) is 10.8 Å². The summed E-state index contributed by atoms with van der Waals surface area (Å²) in [7, 11) is 0. The second-order valence-corrected chi connectivity index (χ2v) is 3.29. The van der Waals surface area contributed by atoms with Crippen LogP contribution in [0.15, 0.2) is 30.3 Å². The van der Waals surface area contributed by atoms with E-state index >= 15 is 0 Å². The van der Waals surface area contributed by atoms with Crippen LogP contribution >= 0.6 is 11.6 Å². The Morgan fingerprint density at radius 3 is 2.79 bits per heavy atom. The molecule has 0 aliphatic rings. The van der Waals surface area contributed by atoms with E-state index in [2.05, 4.69) is 4.98 Å². The van der Waals surface area contributed by atoms with E-state index in [1.165, 1.54) is 0 Å². The van der Waals surface area contributed by atoms with Gasteiger partial charge >= 0.3 is 0 Å². The van der Waals surface area contributed by atoms with E-state index in [1.807, 2.05) is 24.3 Å². The number of nitrogens with two attached hydrogens (primary N) is 1. The number of nitrogen functional groups attached to an aromatic ring is 1. The van der Waals surface area contributed by atoms with Gasteiger partial charge in [-0.15, -0.1) is 0 Å². The first-order chi connectivity index (χ1) is 6.68. The zero-order valence-electron chi connectivity index (χ0n) is 7.29. The van der Waals surface area contributed by atoms with Gasteiger partial charge in [-0.3, -0.25) is 5.41 Å². The number of fused-ring (bicyclic) bond motifs is 1. The van der Waals surface area contributed by atoms with Crippen molar-refractivity contribution in [3.8, 4) is 0 Å². The average molecular weight is 206 g/mol. The molecule has 1 aromatic carbocycles. The van der Waals surface area contributed by atoms with Gasteiger partial charge in [0.15, 0.2) is 0 Å². The fourth-order valence-corrected chi connectivity index (χ4v) is 1.56. The van der Waals surface area contributed by atoms with E-state index in [1.54, 1.807) is 6.07 Å². The third-order valence-electron chi connectivity index (χ3n) is 1.97. The van der Waals surface area contributed by atoms with Gasteiger partial charge in [0.25, 0.3) is 0 Å². The first-order valence-electron chi connectivity index (χ1n) is 4.08. The Morgan fingerprint density at radius 2 is 2.07 bits per heavy atom. The summed E-state index contributed by atoms with van der Waals surface area (Å²) in [6.45, 7) is 0. The van der Waals surface area contributed by atoms with Gasteiger partial charge < -0.3 is 5.73 Å². The van der Waals surface area contributed by atoms with Crippen LogP contribution in [-0.2, 0) is 0 Å². The topological polar surface area (TPSA) is 62.8 Å². The minimum absolute atomic E-state index is 0.0716. The van der Waals surface area contributed by atoms with Crippen LogP contribution in [0.1, 0.15) is 5.69 Å². The lowest BCUT2D eigenvalue weighted by Gasteiger charge is -2.02. The standard InChI is InChI=1S/C10H8ClN3/c11-9-7-4-2-1-3-6(7)5-8(14-9)10(12)13/h1-5H,(H3,12,13). The highest BCUT2D eigenvalue weighted by molar-refractivity contribution is 6.34. The van der Waals surface area contributed by atoms with Gasteiger partial charge in [0.1, 0.15) is 16.7 Å². The zero-order chi connectivity index (χ0) is 10.1. The molecule has 14 heavy (non-hydrogen) atoms. The lowest BCUT2D eigenvalue weighted by Crippen LogP contribution is -2.13. The fourth-order valence-electron chi connectivity index (χ4n) is 1.29. The molecule has 3 nitrogen and oxygen atoms in total. The molecule has 1 aromatic heterocycles. The van der Waals surface area contributed by atoms with Crippen LogP contribution < -0.4 is 5.73 Å². The van der Waals surface area contributed by atoms with Crippen molar-refractivity contribution in [1.29, 1.82) is 5.41 Å². The predicted molar refractivity (Wildman–Crippen MR) is 57.8 cm³/mol. The molecule has 0 spiro atoms.